The van der Waals surface area contributed by atoms with E-state index in [1.54, 1.807) is 33.7 Å². The molecule has 342 valence electrons. The van der Waals surface area contributed by atoms with E-state index in [2.05, 4.69) is 46.7 Å². The van der Waals surface area contributed by atoms with E-state index in [1.807, 2.05) is 12.2 Å². The fraction of sp³-hybridized carbons (Fsp3) is 0.583. The van der Waals surface area contributed by atoms with Gasteiger partial charge in [-0.1, -0.05) is 33.7 Å². The van der Waals surface area contributed by atoms with E-state index in [9.17, 15) is 29.4 Å². The molecule has 2 fully saturated rings. The number of benzene rings is 2. The Balaban J connectivity index is 0.681. The molecular formula is C48H58N4O10S2. The first-order valence-electron chi connectivity index (χ1n) is 22.8. The zero-order valence-electron chi connectivity index (χ0n) is 36.9. The van der Waals surface area contributed by atoms with Crippen molar-refractivity contribution in [2.45, 2.75) is 113 Å². The summed E-state index contributed by atoms with van der Waals surface area (Å²) in [6.45, 7) is 5.61. The lowest BCUT2D eigenvalue weighted by atomic mass is 9.53. The minimum absolute atomic E-state index is 0.0477. The monoisotopic (exact) mass is 914 g/mol. The van der Waals surface area contributed by atoms with E-state index in [4.69, 9.17) is 18.9 Å². The van der Waals surface area contributed by atoms with Gasteiger partial charge in [-0.05, 0) is 112 Å². The lowest BCUT2D eigenvalue weighted by molar-refractivity contribution is -0.153. The number of likely N-dealkylation sites (tertiary alicyclic amines) is 2. The minimum atomic E-state index is -0.534. The Kier molecular flexibility index (Phi) is 11.4. The molecule has 4 aliphatic heterocycles. The van der Waals surface area contributed by atoms with Crippen LogP contribution in [0.2, 0.25) is 0 Å². The third-order valence-electron chi connectivity index (χ3n) is 15.6. The van der Waals surface area contributed by atoms with Gasteiger partial charge in [-0.3, -0.25) is 19.2 Å². The molecule has 14 nitrogen and oxygen atoms in total. The van der Waals surface area contributed by atoms with Crippen LogP contribution in [0.5, 0.6) is 23.0 Å². The highest BCUT2D eigenvalue weighted by atomic mass is 33.1. The van der Waals surface area contributed by atoms with Crippen molar-refractivity contribution in [1.82, 2.24) is 20.4 Å². The van der Waals surface area contributed by atoms with Gasteiger partial charge in [0.15, 0.2) is 35.2 Å². The molecule has 2 amide bonds. The van der Waals surface area contributed by atoms with E-state index in [1.165, 1.54) is 13.8 Å². The number of ether oxygens (including phenoxy) is 4. The van der Waals surface area contributed by atoms with E-state index < -0.39 is 35.2 Å². The maximum absolute atomic E-state index is 13.1. The Hall–Kier alpha value is -4.38. The normalized spacial score (nSPS) is 31.9. The largest absolute Gasteiger partial charge is 0.504 e. The highest BCUT2D eigenvalue weighted by Gasteiger charge is 2.67. The summed E-state index contributed by atoms with van der Waals surface area (Å²) in [6.07, 6.45) is 11.2. The standard InChI is InChI=1S/C48H58N4O10S2/c1-25(53)59-37-9-7-31-33-23-29-27(21-35(55)43-41(29)47(31,45(37)61-43)13-17-51(33)3)5-11-39(57)49-15-19-63-64-20-16-50-40(58)12-6-28-22-36(56)44-42-30(28)24-34-32-8-10-38(60-26(2)54)46(62-44)48(32,42)14-18-52(34)4/h7-10,21-22,31-34,37-38,45-46,55-56H,5-6,11-20,23-24H2,1-4H3,(H,49,57)(H,50,58). The van der Waals surface area contributed by atoms with Crippen LogP contribution in [0.3, 0.4) is 0 Å². The Bertz CT molecular complexity index is 2180. The number of carbonyl (C=O) groups is 4. The number of likely N-dealkylation sites (N-methyl/N-ethyl adjacent to an activating group) is 2. The molecule has 10 unspecified atom stereocenters. The average Bonchev–Trinajstić information content (AvgIpc) is 3.80. The number of nitrogens with zero attached hydrogens (tertiary/aromatic N) is 2. The number of amides is 2. The van der Waals surface area contributed by atoms with E-state index in [0.717, 1.165) is 72.2 Å². The predicted octanol–water partition coefficient (Wildman–Crippen LogP) is 4.03. The van der Waals surface area contributed by atoms with E-state index in [0.29, 0.717) is 61.8 Å². The molecule has 16 heteroatoms. The second kappa shape index (κ2) is 16.8. The summed E-state index contributed by atoms with van der Waals surface area (Å²) in [7, 11) is 7.61. The molecule has 4 N–H and O–H groups in total. The van der Waals surface area contributed by atoms with Gasteiger partial charge in [0.1, 0.15) is 12.2 Å². The van der Waals surface area contributed by atoms with Crippen molar-refractivity contribution in [2.24, 2.45) is 11.8 Å². The summed E-state index contributed by atoms with van der Waals surface area (Å²) in [4.78, 5) is 55.0. The van der Waals surface area contributed by atoms with Crippen LogP contribution < -0.4 is 20.1 Å². The third-order valence-corrected chi connectivity index (χ3v) is 18.1. The van der Waals surface area contributed by atoms with Crippen LogP contribution >= 0.6 is 21.6 Å². The molecule has 2 saturated heterocycles. The maximum Gasteiger partial charge on any atom is 0.303 e. The Morgan fingerprint density at radius 1 is 0.703 bits per heavy atom. The molecule has 0 saturated carbocycles. The summed E-state index contributed by atoms with van der Waals surface area (Å²) in [5, 5.41) is 28.6. The summed E-state index contributed by atoms with van der Waals surface area (Å²) in [6, 6.07) is 4.00. The first-order chi connectivity index (χ1) is 30.8. The molecule has 64 heavy (non-hydrogen) atoms. The number of esters is 2. The van der Waals surface area contributed by atoms with Gasteiger partial charge in [-0.2, -0.15) is 0 Å². The Morgan fingerprint density at radius 3 is 1.53 bits per heavy atom. The van der Waals surface area contributed by atoms with Crippen molar-refractivity contribution in [2.75, 3.05) is 51.8 Å². The number of hydrogen-bond donors (Lipinski definition) is 4. The highest BCUT2D eigenvalue weighted by molar-refractivity contribution is 8.76. The van der Waals surface area contributed by atoms with Crippen LogP contribution in [0.15, 0.2) is 36.4 Å². The van der Waals surface area contributed by atoms with Gasteiger partial charge in [-0.25, -0.2) is 0 Å². The molecule has 4 heterocycles. The molecule has 4 bridgehead atoms. The smallest absolute Gasteiger partial charge is 0.303 e. The summed E-state index contributed by atoms with van der Waals surface area (Å²) in [5.74, 6) is 2.09. The lowest BCUT2D eigenvalue weighted by Crippen LogP contribution is -2.65. The van der Waals surface area contributed by atoms with Gasteiger partial charge in [0.2, 0.25) is 11.8 Å². The summed E-state index contributed by atoms with van der Waals surface area (Å²) < 4.78 is 24.5. The van der Waals surface area contributed by atoms with Crippen LogP contribution in [0.1, 0.15) is 72.9 Å². The SMILES string of the molecule is CC(=O)OC1C=CC2C3Cc4c(CCC(=O)NCCSSCCNC(=O)CCc5cc(O)c6c7c5CC5C8C=CC(OC(C)=O)C(O6)C78CCN5C)cc(O)c5c4C2(CCN3C)C1O5. The molecule has 10 atom stereocenters. The molecule has 2 aromatic rings. The number of aromatic hydroxyl groups is 2. The van der Waals surface area contributed by atoms with Gasteiger partial charge in [0.05, 0.1) is 0 Å². The van der Waals surface area contributed by atoms with Crippen LogP contribution in [0, 0.1) is 11.8 Å². The quantitative estimate of drug-likeness (QED) is 0.0873. The van der Waals surface area contributed by atoms with Crippen LogP contribution in [-0.4, -0.2) is 132 Å². The van der Waals surface area contributed by atoms with Crippen LogP contribution in [0.25, 0.3) is 0 Å². The number of phenols is 2. The van der Waals surface area contributed by atoms with E-state index >= 15 is 0 Å². The lowest BCUT2D eigenvalue weighted by Gasteiger charge is -2.56. The molecule has 8 aliphatic rings. The number of piperidine rings is 2. The molecule has 2 aromatic carbocycles. The first-order valence-corrected chi connectivity index (χ1v) is 25.3. The van der Waals surface area contributed by atoms with Crippen LogP contribution in [0.4, 0.5) is 0 Å². The number of rotatable bonds is 15. The second-order valence-electron chi connectivity index (χ2n) is 19.0. The van der Waals surface area contributed by atoms with Crippen molar-refractivity contribution in [3.8, 4) is 23.0 Å². The van der Waals surface area contributed by atoms with Crippen molar-refractivity contribution in [1.29, 1.82) is 0 Å². The van der Waals surface area contributed by atoms with Gasteiger partial charge in [0, 0.05) is 97.2 Å². The van der Waals surface area contributed by atoms with E-state index in [-0.39, 0.29) is 59.2 Å². The van der Waals surface area contributed by atoms with Crippen molar-refractivity contribution in [3.63, 3.8) is 0 Å². The minimum Gasteiger partial charge on any atom is -0.504 e. The molecule has 0 aromatic heterocycles. The molecule has 2 spiro atoms. The zero-order chi connectivity index (χ0) is 44.7. The zero-order valence-corrected chi connectivity index (χ0v) is 38.5. The maximum atomic E-state index is 13.1. The molecule has 0 radical (unpaired) electrons. The Morgan fingerprint density at radius 2 is 1.12 bits per heavy atom. The van der Waals surface area contributed by atoms with Crippen molar-refractivity contribution < 1.29 is 48.3 Å². The average molecular weight is 915 g/mol. The topological polar surface area (TPSA) is 176 Å². The van der Waals surface area contributed by atoms with Gasteiger partial charge >= 0.3 is 11.9 Å². The first kappa shape index (κ1) is 43.5. The van der Waals surface area contributed by atoms with Crippen LogP contribution in [-0.2, 0) is 65.2 Å². The fourth-order valence-corrected chi connectivity index (χ4v) is 14.9. The fourth-order valence-electron chi connectivity index (χ4n) is 13.0. The number of nitrogens with one attached hydrogen (secondary N) is 2. The second-order valence-corrected chi connectivity index (χ2v) is 21.7. The predicted molar refractivity (Wildman–Crippen MR) is 242 cm³/mol. The summed E-state index contributed by atoms with van der Waals surface area (Å²) >= 11 is 0. The molecule has 10 rings (SSSR count). The summed E-state index contributed by atoms with van der Waals surface area (Å²) in [5.41, 5.74) is 5.51. The molecule has 4 aliphatic carbocycles. The number of hydrogen-bond acceptors (Lipinski definition) is 14. The van der Waals surface area contributed by atoms with Gasteiger partial charge in [0.25, 0.3) is 0 Å². The van der Waals surface area contributed by atoms with Crippen molar-refractivity contribution >= 4 is 45.3 Å². The Labute approximate surface area is 381 Å². The number of carbonyl (C=O) groups excluding carboxylic acids is 4. The third kappa shape index (κ3) is 6.98. The number of aryl methyl sites for hydroxylation is 2. The van der Waals surface area contributed by atoms with Gasteiger partial charge in [-0.15, -0.1) is 0 Å². The number of phenolic OH excluding ortho intramolecular Hbond substituents is 2. The van der Waals surface area contributed by atoms with Gasteiger partial charge < -0.3 is 49.6 Å². The highest BCUT2D eigenvalue weighted by Crippen LogP contribution is 2.65. The van der Waals surface area contributed by atoms with Crippen molar-refractivity contribution in [3.05, 3.63) is 69.8 Å². The molecular weight excluding hydrogens is 857 g/mol.